The lowest BCUT2D eigenvalue weighted by Gasteiger charge is -2.09. The number of hydrogen-bond acceptors (Lipinski definition) is 3. The van der Waals surface area contributed by atoms with Crippen molar-refractivity contribution in [2.24, 2.45) is 0 Å². The molecule has 94 valence electrons. The van der Waals surface area contributed by atoms with Crippen LogP contribution in [0.4, 0.5) is 26.1 Å². The summed E-state index contributed by atoms with van der Waals surface area (Å²) in [5, 5.41) is 2.76. The van der Waals surface area contributed by atoms with Crippen molar-refractivity contribution in [3.63, 3.8) is 0 Å². The third-order valence-electron chi connectivity index (χ3n) is 2.26. The van der Waals surface area contributed by atoms with Crippen molar-refractivity contribution in [1.82, 2.24) is 4.98 Å². The predicted molar refractivity (Wildman–Crippen MR) is 70.7 cm³/mol. The van der Waals surface area contributed by atoms with Crippen LogP contribution in [0, 0.1) is 18.6 Å². The molecule has 0 unspecified atom stereocenters. The zero-order valence-electron chi connectivity index (χ0n) is 9.47. The third kappa shape index (κ3) is 2.76. The molecule has 3 nitrogen and oxygen atoms in total. The minimum atomic E-state index is -0.872. The number of aryl methyl sites for hydroxylation is 1. The minimum Gasteiger partial charge on any atom is -0.381 e. The average Bonchev–Trinajstić information content (AvgIpc) is 2.24. The number of pyridine rings is 1. The van der Waals surface area contributed by atoms with E-state index in [2.05, 4.69) is 26.2 Å². The van der Waals surface area contributed by atoms with Gasteiger partial charge in [0, 0.05) is 16.2 Å². The summed E-state index contributed by atoms with van der Waals surface area (Å²) < 4.78 is 27.3. The molecular formula is C12H10BrF2N3. The highest BCUT2D eigenvalue weighted by molar-refractivity contribution is 9.10. The zero-order chi connectivity index (χ0) is 13.3. The normalized spacial score (nSPS) is 10.4. The summed E-state index contributed by atoms with van der Waals surface area (Å²) in [6, 6.07) is 6.18. The second-order valence-corrected chi connectivity index (χ2v) is 4.74. The largest absolute Gasteiger partial charge is 0.381 e. The maximum Gasteiger partial charge on any atom is 0.169 e. The van der Waals surface area contributed by atoms with E-state index in [0.29, 0.717) is 11.8 Å². The van der Waals surface area contributed by atoms with Gasteiger partial charge in [0.25, 0.3) is 0 Å². The molecule has 1 aromatic carbocycles. The van der Waals surface area contributed by atoms with Crippen LogP contribution >= 0.6 is 15.9 Å². The van der Waals surface area contributed by atoms with E-state index in [4.69, 9.17) is 5.73 Å². The molecular weight excluding hydrogens is 304 g/mol. The Labute approximate surface area is 111 Å². The molecule has 0 aliphatic rings. The van der Waals surface area contributed by atoms with Crippen molar-refractivity contribution >= 4 is 33.3 Å². The topological polar surface area (TPSA) is 50.9 Å². The highest BCUT2D eigenvalue weighted by Crippen LogP contribution is 2.24. The summed E-state index contributed by atoms with van der Waals surface area (Å²) in [7, 11) is 0. The molecule has 0 spiro atoms. The summed E-state index contributed by atoms with van der Waals surface area (Å²) in [6.45, 7) is 1.90. The Morgan fingerprint density at radius 1 is 1.17 bits per heavy atom. The van der Waals surface area contributed by atoms with Crippen LogP contribution in [0.2, 0.25) is 0 Å². The van der Waals surface area contributed by atoms with E-state index in [-0.39, 0.29) is 11.6 Å². The standard InChI is InChI=1S/C12H10BrF2N3/c1-6-2-7(13)4-8(3-6)17-12-10(15)5-9(14)11(16)18-12/h2-5H,1H3,(H3,16,17,18). The molecule has 0 aliphatic heterocycles. The fourth-order valence-corrected chi connectivity index (χ4v) is 2.12. The Morgan fingerprint density at radius 3 is 2.56 bits per heavy atom. The van der Waals surface area contributed by atoms with E-state index < -0.39 is 11.6 Å². The van der Waals surface area contributed by atoms with Crippen LogP contribution in [0.15, 0.2) is 28.7 Å². The monoisotopic (exact) mass is 313 g/mol. The molecule has 0 bridgehead atoms. The lowest BCUT2D eigenvalue weighted by molar-refractivity contribution is 0.581. The number of rotatable bonds is 2. The fraction of sp³-hybridized carbons (Fsp3) is 0.0833. The molecule has 0 amide bonds. The minimum absolute atomic E-state index is 0.105. The Morgan fingerprint density at radius 2 is 1.89 bits per heavy atom. The number of nitrogens with one attached hydrogen (secondary N) is 1. The van der Waals surface area contributed by atoms with Crippen LogP contribution < -0.4 is 11.1 Å². The van der Waals surface area contributed by atoms with Crippen LogP contribution in [-0.2, 0) is 0 Å². The highest BCUT2D eigenvalue weighted by Gasteiger charge is 2.10. The van der Waals surface area contributed by atoms with Gasteiger partial charge in [0.1, 0.15) is 0 Å². The summed E-state index contributed by atoms with van der Waals surface area (Å²) in [4.78, 5) is 3.63. The highest BCUT2D eigenvalue weighted by atomic mass is 79.9. The first-order valence-electron chi connectivity index (χ1n) is 5.11. The quantitative estimate of drug-likeness (QED) is 0.887. The van der Waals surface area contributed by atoms with Crippen molar-refractivity contribution in [2.45, 2.75) is 6.92 Å². The van der Waals surface area contributed by atoms with Crippen LogP contribution in [0.3, 0.4) is 0 Å². The molecule has 1 heterocycles. The number of nitrogens with two attached hydrogens (primary N) is 1. The van der Waals surface area contributed by atoms with E-state index in [0.717, 1.165) is 10.0 Å². The van der Waals surface area contributed by atoms with Crippen LogP contribution in [0.25, 0.3) is 0 Å². The summed E-state index contributed by atoms with van der Waals surface area (Å²) >= 11 is 3.33. The SMILES string of the molecule is Cc1cc(Br)cc(Nc2nc(N)c(F)cc2F)c1. The first-order valence-corrected chi connectivity index (χ1v) is 5.91. The number of benzene rings is 1. The van der Waals surface area contributed by atoms with E-state index >= 15 is 0 Å². The van der Waals surface area contributed by atoms with Gasteiger partial charge in [-0.1, -0.05) is 15.9 Å². The molecule has 6 heteroatoms. The van der Waals surface area contributed by atoms with Crippen molar-refractivity contribution in [2.75, 3.05) is 11.1 Å². The Hall–Kier alpha value is -1.69. The van der Waals surface area contributed by atoms with Gasteiger partial charge >= 0.3 is 0 Å². The van der Waals surface area contributed by atoms with Gasteiger partial charge in [0.05, 0.1) is 0 Å². The zero-order valence-corrected chi connectivity index (χ0v) is 11.1. The number of aromatic nitrogens is 1. The van der Waals surface area contributed by atoms with Crippen LogP contribution in [0.5, 0.6) is 0 Å². The number of nitrogens with zero attached hydrogens (tertiary/aromatic N) is 1. The van der Waals surface area contributed by atoms with Gasteiger partial charge in [-0.3, -0.25) is 0 Å². The molecule has 3 N–H and O–H groups in total. The lowest BCUT2D eigenvalue weighted by Crippen LogP contribution is -2.03. The Kier molecular flexibility index (Phi) is 3.47. The van der Waals surface area contributed by atoms with Gasteiger partial charge < -0.3 is 11.1 Å². The third-order valence-corrected chi connectivity index (χ3v) is 2.72. The van der Waals surface area contributed by atoms with Crippen molar-refractivity contribution in [3.8, 4) is 0 Å². The van der Waals surface area contributed by atoms with Crippen molar-refractivity contribution in [3.05, 3.63) is 45.9 Å². The molecule has 2 rings (SSSR count). The smallest absolute Gasteiger partial charge is 0.169 e. The summed E-state index contributed by atoms with van der Waals surface area (Å²) in [6.07, 6.45) is 0. The first-order chi connectivity index (χ1) is 8.45. The second-order valence-electron chi connectivity index (χ2n) is 3.83. The fourth-order valence-electron chi connectivity index (χ4n) is 1.51. The van der Waals surface area contributed by atoms with Crippen molar-refractivity contribution in [1.29, 1.82) is 0 Å². The van der Waals surface area contributed by atoms with Crippen molar-refractivity contribution < 1.29 is 8.78 Å². The summed E-state index contributed by atoms with van der Waals surface area (Å²) in [5.74, 6) is -2.11. The molecule has 2 aromatic rings. The number of anilines is 3. The molecule has 0 saturated heterocycles. The van der Waals surface area contributed by atoms with E-state index in [1.807, 2.05) is 19.1 Å². The van der Waals surface area contributed by atoms with Crippen LogP contribution in [-0.4, -0.2) is 4.98 Å². The van der Waals surface area contributed by atoms with Gasteiger partial charge in [-0.05, 0) is 30.7 Å². The molecule has 0 aliphatic carbocycles. The van der Waals surface area contributed by atoms with E-state index in [1.165, 1.54) is 0 Å². The first kappa shape index (κ1) is 12.8. The summed E-state index contributed by atoms with van der Waals surface area (Å²) in [5.41, 5.74) is 6.93. The molecule has 18 heavy (non-hydrogen) atoms. The average molecular weight is 314 g/mol. The second kappa shape index (κ2) is 4.89. The van der Waals surface area contributed by atoms with Gasteiger partial charge in [0.15, 0.2) is 23.3 Å². The maximum atomic E-state index is 13.5. The molecule has 0 saturated carbocycles. The Balaban J connectivity index is 2.36. The van der Waals surface area contributed by atoms with Gasteiger partial charge in [-0.15, -0.1) is 0 Å². The predicted octanol–water partition coefficient (Wildman–Crippen LogP) is 3.76. The number of hydrogen-bond donors (Lipinski definition) is 2. The van der Waals surface area contributed by atoms with E-state index in [1.54, 1.807) is 6.07 Å². The molecule has 0 fully saturated rings. The van der Waals surface area contributed by atoms with Gasteiger partial charge in [-0.2, -0.15) is 0 Å². The molecule has 1 aromatic heterocycles. The van der Waals surface area contributed by atoms with Crippen LogP contribution in [0.1, 0.15) is 5.56 Å². The van der Waals surface area contributed by atoms with Gasteiger partial charge in [0.2, 0.25) is 0 Å². The number of nitrogen functional groups attached to an aromatic ring is 1. The molecule has 0 radical (unpaired) electrons. The van der Waals surface area contributed by atoms with E-state index in [9.17, 15) is 8.78 Å². The lowest BCUT2D eigenvalue weighted by atomic mass is 10.2. The maximum absolute atomic E-state index is 13.5. The van der Waals surface area contributed by atoms with Gasteiger partial charge in [-0.25, -0.2) is 13.8 Å². The Bertz CT molecular complexity index is 582. The number of halogens is 3. The molecule has 0 atom stereocenters.